The number of anilines is 1. The third-order valence-electron chi connectivity index (χ3n) is 6.19. The van der Waals surface area contributed by atoms with Crippen LogP contribution in [0.5, 0.6) is 0 Å². The van der Waals surface area contributed by atoms with Crippen LogP contribution in [0.2, 0.25) is 0 Å². The first-order valence-corrected chi connectivity index (χ1v) is 13.2. The first-order chi connectivity index (χ1) is 17.0. The summed E-state index contributed by atoms with van der Waals surface area (Å²) in [5, 5.41) is 6.36. The molecule has 0 aliphatic carbocycles. The number of hydrogen-bond donors (Lipinski definition) is 1. The van der Waals surface area contributed by atoms with Gasteiger partial charge in [0.25, 0.3) is 5.91 Å². The molecule has 0 saturated heterocycles. The van der Waals surface area contributed by atoms with Crippen LogP contribution >= 0.6 is 27.3 Å². The topological polar surface area (TPSA) is 54.9 Å². The van der Waals surface area contributed by atoms with Gasteiger partial charge >= 0.3 is 0 Å². The molecule has 3 aromatic carbocycles. The zero-order chi connectivity index (χ0) is 24.4. The van der Waals surface area contributed by atoms with Crippen molar-refractivity contribution in [1.29, 1.82) is 0 Å². The number of pyridine rings is 1. The van der Waals surface area contributed by atoms with Crippen LogP contribution in [0, 0.1) is 0 Å². The van der Waals surface area contributed by atoms with E-state index in [9.17, 15) is 4.79 Å². The SMILES string of the molecule is CCC(C)c1ccc(-c2csc(NC(=O)c3cc(-c4cccc(Br)c4)nc4ccccc34)n2)cc1. The molecule has 0 radical (unpaired) electrons. The van der Waals surface area contributed by atoms with Crippen LogP contribution in [0.3, 0.4) is 0 Å². The number of halogens is 1. The van der Waals surface area contributed by atoms with E-state index in [4.69, 9.17) is 4.98 Å². The minimum absolute atomic E-state index is 0.201. The molecule has 0 fully saturated rings. The average molecular weight is 543 g/mol. The second-order valence-corrected chi connectivity index (χ2v) is 10.3. The number of rotatable bonds is 6. The Hall–Kier alpha value is -3.35. The van der Waals surface area contributed by atoms with E-state index in [0.29, 0.717) is 16.6 Å². The summed E-state index contributed by atoms with van der Waals surface area (Å²) in [5.41, 5.74) is 6.26. The lowest BCUT2D eigenvalue weighted by molar-refractivity contribution is 0.102. The number of benzene rings is 3. The first kappa shape index (κ1) is 23.4. The molecule has 1 N–H and O–H groups in total. The van der Waals surface area contributed by atoms with Crippen molar-refractivity contribution in [3.63, 3.8) is 0 Å². The van der Waals surface area contributed by atoms with Gasteiger partial charge in [0.05, 0.1) is 22.5 Å². The van der Waals surface area contributed by atoms with Crippen LogP contribution in [0.15, 0.2) is 88.7 Å². The Morgan fingerprint density at radius 2 is 1.74 bits per heavy atom. The summed E-state index contributed by atoms with van der Waals surface area (Å²) in [7, 11) is 0. The van der Waals surface area contributed by atoms with Crippen LogP contribution in [0.4, 0.5) is 5.13 Å². The second kappa shape index (κ2) is 10.1. The molecule has 0 saturated carbocycles. The van der Waals surface area contributed by atoms with Gasteiger partial charge < -0.3 is 0 Å². The summed E-state index contributed by atoms with van der Waals surface area (Å²) in [6.07, 6.45) is 1.11. The fourth-order valence-corrected chi connectivity index (χ4v) is 5.12. The quantitative estimate of drug-likeness (QED) is 0.234. The number of nitrogens with zero attached hydrogens (tertiary/aromatic N) is 2. The highest BCUT2D eigenvalue weighted by Crippen LogP contribution is 2.30. The van der Waals surface area contributed by atoms with Gasteiger partial charge in [-0.2, -0.15) is 0 Å². The molecule has 6 heteroatoms. The Balaban J connectivity index is 1.44. The number of fused-ring (bicyclic) bond motifs is 1. The van der Waals surface area contributed by atoms with E-state index in [0.717, 1.165) is 44.3 Å². The number of nitrogens with one attached hydrogen (secondary N) is 1. The molecular weight excluding hydrogens is 518 g/mol. The van der Waals surface area contributed by atoms with Crippen molar-refractivity contribution >= 4 is 49.2 Å². The Labute approximate surface area is 217 Å². The van der Waals surface area contributed by atoms with E-state index in [1.165, 1.54) is 16.9 Å². The predicted octanol–water partition coefficient (Wildman–Crippen LogP) is 8.55. The second-order valence-electron chi connectivity index (χ2n) is 8.51. The van der Waals surface area contributed by atoms with Crippen LogP contribution in [0.1, 0.15) is 42.1 Å². The Morgan fingerprint density at radius 1 is 0.943 bits per heavy atom. The number of para-hydroxylation sites is 1. The van der Waals surface area contributed by atoms with Crippen LogP contribution in [-0.2, 0) is 0 Å². The minimum Gasteiger partial charge on any atom is -0.298 e. The van der Waals surface area contributed by atoms with Crippen molar-refractivity contribution in [3.05, 3.63) is 99.8 Å². The number of hydrogen-bond acceptors (Lipinski definition) is 4. The fourth-order valence-electron chi connectivity index (χ4n) is 4.01. The van der Waals surface area contributed by atoms with Gasteiger partial charge in [-0.3, -0.25) is 10.1 Å². The normalized spacial score (nSPS) is 12.0. The van der Waals surface area contributed by atoms with E-state index in [1.54, 1.807) is 0 Å². The lowest BCUT2D eigenvalue weighted by Gasteiger charge is -2.10. The molecule has 2 heterocycles. The third kappa shape index (κ3) is 5.04. The minimum atomic E-state index is -0.201. The van der Waals surface area contributed by atoms with E-state index in [-0.39, 0.29) is 5.91 Å². The largest absolute Gasteiger partial charge is 0.298 e. The number of carbonyl (C=O) groups is 1. The first-order valence-electron chi connectivity index (χ1n) is 11.5. The summed E-state index contributed by atoms with van der Waals surface area (Å²) in [6, 6.07) is 26.0. The molecule has 0 bridgehead atoms. The van der Waals surface area contributed by atoms with Gasteiger partial charge in [-0.1, -0.05) is 84.4 Å². The molecule has 174 valence electrons. The zero-order valence-corrected chi connectivity index (χ0v) is 21.9. The number of amides is 1. The monoisotopic (exact) mass is 541 g/mol. The summed E-state index contributed by atoms with van der Waals surface area (Å²) in [6.45, 7) is 4.43. The molecule has 35 heavy (non-hydrogen) atoms. The maximum absolute atomic E-state index is 13.4. The van der Waals surface area contributed by atoms with Crippen molar-refractivity contribution in [2.75, 3.05) is 5.32 Å². The van der Waals surface area contributed by atoms with Gasteiger partial charge in [-0.15, -0.1) is 11.3 Å². The van der Waals surface area contributed by atoms with E-state index in [2.05, 4.69) is 64.3 Å². The lowest BCUT2D eigenvalue weighted by Crippen LogP contribution is -2.13. The number of aromatic nitrogens is 2. The summed E-state index contributed by atoms with van der Waals surface area (Å²) in [4.78, 5) is 22.9. The number of thiazole rings is 1. The predicted molar refractivity (Wildman–Crippen MR) is 149 cm³/mol. The maximum atomic E-state index is 13.4. The van der Waals surface area contributed by atoms with Crippen molar-refractivity contribution in [2.45, 2.75) is 26.2 Å². The van der Waals surface area contributed by atoms with Gasteiger partial charge in [0.1, 0.15) is 0 Å². The number of carbonyl (C=O) groups excluding carboxylic acids is 1. The molecule has 1 unspecified atom stereocenters. The van der Waals surface area contributed by atoms with Crippen molar-refractivity contribution < 1.29 is 4.79 Å². The van der Waals surface area contributed by atoms with Gasteiger partial charge in [0, 0.05) is 26.4 Å². The molecule has 1 amide bonds. The summed E-state index contributed by atoms with van der Waals surface area (Å²) < 4.78 is 0.962. The van der Waals surface area contributed by atoms with Crippen molar-refractivity contribution in [2.24, 2.45) is 0 Å². The summed E-state index contributed by atoms with van der Waals surface area (Å²) >= 11 is 4.95. The van der Waals surface area contributed by atoms with Gasteiger partial charge in [0.15, 0.2) is 5.13 Å². The van der Waals surface area contributed by atoms with Crippen LogP contribution in [0.25, 0.3) is 33.4 Å². The van der Waals surface area contributed by atoms with Crippen molar-refractivity contribution in [1.82, 2.24) is 9.97 Å². The molecule has 0 aliphatic heterocycles. The highest BCUT2D eigenvalue weighted by atomic mass is 79.9. The summed E-state index contributed by atoms with van der Waals surface area (Å²) in [5.74, 6) is 0.333. The molecular formula is C29H24BrN3OS. The molecule has 1 atom stereocenters. The highest BCUT2D eigenvalue weighted by molar-refractivity contribution is 9.10. The molecule has 5 aromatic rings. The van der Waals surface area contributed by atoms with Gasteiger partial charge in [-0.25, -0.2) is 9.97 Å². The lowest BCUT2D eigenvalue weighted by atomic mass is 9.97. The Morgan fingerprint density at radius 3 is 2.51 bits per heavy atom. The van der Waals surface area contributed by atoms with Crippen LogP contribution in [-0.4, -0.2) is 15.9 Å². The van der Waals surface area contributed by atoms with Crippen LogP contribution < -0.4 is 5.32 Å². The van der Waals surface area contributed by atoms with E-state index in [1.807, 2.05) is 60.0 Å². The van der Waals surface area contributed by atoms with Crippen molar-refractivity contribution in [3.8, 4) is 22.5 Å². The average Bonchev–Trinajstić information content (AvgIpc) is 3.36. The highest BCUT2D eigenvalue weighted by Gasteiger charge is 2.16. The maximum Gasteiger partial charge on any atom is 0.258 e. The Kier molecular flexibility index (Phi) is 6.75. The van der Waals surface area contributed by atoms with E-state index >= 15 is 0 Å². The molecule has 0 spiro atoms. The smallest absolute Gasteiger partial charge is 0.258 e. The fraction of sp³-hybridized carbons (Fsp3) is 0.138. The van der Waals surface area contributed by atoms with E-state index < -0.39 is 0 Å². The molecule has 2 aromatic heterocycles. The standard InChI is InChI=1S/C29H24BrN3OS/c1-3-18(2)19-11-13-20(14-12-19)27-17-35-29(32-27)33-28(34)24-16-26(21-7-6-8-22(30)15-21)31-25-10-5-4-9-23(24)25/h4-18H,3H2,1-2H3,(H,32,33,34). The molecule has 4 nitrogen and oxygen atoms in total. The molecule has 5 rings (SSSR count). The van der Waals surface area contributed by atoms with Gasteiger partial charge in [-0.05, 0) is 42.2 Å². The van der Waals surface area contributed by atoms with Gasteiger partial charge in [0.2, 0.25) is 0 Å². The third-order valence-corrected chi connectivity index (χ3v) is 7.44. The Bertz CT molecular complexity index is 1510. The molecule has 0 aliphatic rings. The zero-order valence-electron chi connectivity index (χ0n) is 19.5.